The minimum Gasteiger partial charge on any atom is -0.352 e. The number of benzene rings is 3. The third-order valence-corrected chi connectivity index (χ3v) is 5.15. The molecule has 0 saturated carbocycles. The third kappa shape index (κ3) is 5.13. The van der Waals surface area contributed by atoms with Crippen molar-refractivity contribution in [2.75, 3.05) is 0 Å². The maximum atomic E-state index is 12.7. The summed E-state index contributed by atoms with van der Waals surface area (Å²) in [5.74, 6) is -0.255. The zero-order chi connectivity index (χ0) is 24.1. The Morgan fingerprint density at radius 3 is 2.03 bits per heavy atom. The molecular weight excluding hydrogens is 438 g/mol. The number of carbonyl (C=O) groups excluding carboxylic acids is 1. The molecule has 0 atom stereocenters. The Labute approximate surface area is 193 Å². The molecule has 0 unspecified atom stereocenters. The third-order valence-electron chi connectivity index (χ3n) is 5.15. The number of rotatable bonds is 8. The summed E-state index contributed by atoms with van der Waals surface area (Å²) in [7, 11) is 0. The first-order valence-corrected chi connectivity index (χ1v) is 10.3. The topological polar surface area (TPSA) is 133 Å². The van der Waals surface area contributed by atoms with Crippen LogP contribution in [0.3, 0.4) is 0 Å². The van der Waals surface area contributed by atoms with Crippen LogP contribution in [0.2, 0.25) is 0 Å². The van der Waals surface area contributed by atoms with Gasteiger partial charge in [0.1, 0.15) is 0 Å². The molecule has 0 radical (unpaired) electrons. The number of para-hydroxylation sites is 1. The molecule has 3 aromatic carbocycles. The number of carbonyl (C=O) groups is 1. The molecule has 0 aliphatic heterocycles. The van der Waals surface area contributed by atoms with Crippen LogP contribution in [0.25, 0.3) is 16.9 Å². The van der Waals surface area contributed by atoms with Crippen LogP contribution in [0.5, 0.6) is 0 Å². The number of nitro benzene ring substituents is 2. The van der Waals surface area contributed by atoms with Crippen LogP contribution in [0.1, 0.15) is 11.1 Å². The van der Waals surface area contributed by atoms with Crippen molar-refractivity contribution in [2.24, 2.45) is 0 Å². The van der Waals surface area contributed by atoms with Gasteiger partial charge in [0, 0.05) is 48.1 Å². The molecule has 10 heteroatoms. The van der Waals surface area contributed by atoms with E-state index in [1.807, 2.05) is 30.3 Å². The number of nitrogens with zero attached hydrogens (tertiary/aromatic N) is 4. The van der Waals surface area contributed by atoms with Crippen molar-refractivity contribution in [3.63, 3.8) is 0 Å². The second-order valence-electron chi connectivity index (χ2n) is 7.46. The Bertz CT molecular complexity index is 1330. The first kappa shape index (κ1) is 22.3. The fourth-order valence-corrected chi connectivity index (χ4v) is 3.41. The van der Waals surface area contributed by atoms with Crippen molar-refractivity contribution in [1.82, 2.24) is 15.1 Å². The Morgan fingerprint density at radius 2 is 1.44 bits per heavy atom. The summed E-state index contributed by atoms with van der Waals surface area (Å²) in [5, 5.41) is 29.2. The number of amides is 1. The Kier molecular flexibility index (Phi) is 6.40. The van der Waals surface area contributed by atoms with Gasteiger partial charge in [-0.15, -0.1) is 0 Å². The molecule has 0 bridgehead atoms. The maximum absolute atomic E-state index is 12.7. The first-order valence-electron chi connectivity index (χ1n) is 10.3. The maximum Gasteiger partial charge on any atom is 0.269 e. The van der Waals surface area contributed by atoms with E-state index in [0.29, 0.717) is 16.8 Å². The van der Waals surface area contributed by atoms with Crippen molar-refractivity contribution >= 4 is 17.3 Å². The molecule has 0 spiro atoms. The average Bonchev–Trinajstić information content (AvgIpc) is 3.27. The molecule has 170 valence electrons. The van der Waals surface area contributed by atoms with Gasteiger partial charge in [-0.05, 0) is 29.8 Å². The van der Waals surface area contributed by atoms with Gasteiger partial charge in [-0.25, -0.2) is 4.68 Å². The van der Waals surface area contributed by atoms with Crippen molar-refractivity contribution < 1.29 is 14.6 Å². The SMILES string of the molecule is O=C(Cc1cn(-c2ccccc2)nc1-c1ccc([N+](=O)[O-])cc1)NCc1ccc([N+](=O)[O-])cc1. The van der Waals surface area contributed by atoms with E-state index in [-0.39, 0.29) is 30.2 Å². The average molecular weight is 457 g/mol. The van der Waals surface area contributed by atoms with E-state index in [9.17, 15) is 25.0 Å². The number of non-ortho nitro benzene ring substituents is 2. The van der Waals surface area contributed by atoms with Gasteiger partial charge in [-0.2, -0.15) is 5.10 Å². The molecule has 1 amide bonds. The van der Waals surface area contributed by atoms with Crippen LogP contribution in [-0.2, 0) is 17.8 Å². The van der Waals surface area contributed by atoms with E-state index in [4.69, 9.17) is 0 Å². The van der Waals surface area contributed by atoms with Crippen LogP contribution in [0.15, 0.2) is 85.1 Å². The second-order valence-corrected chi connectivity index (χ2v) is 7.46. The normalized spacial score (nSPS) is 10.6. The Hall–Kier alpha value is -4.86. The van der Waals surface area contributed by atoms with Gasteiger partial charge in [-0.3, -0.25) is 25.0 Å². The number of nitrogens with one attached hydrogen (secondary N) is 1. The Balaban J connectivity index is 1.55. The van der Waals surface area contributed by atoms with E-state index in [1.165, 1.54) is 24.3 Å². The molecule has 0 saturated heterocycles. The lowest BCUT2D eigenvalue weighted by molar-refractivity contribution is -0.385. The van der Waals surface area contributed by atoms with Crippen molar-refractivity contribution in [1.29, 1.82) is 0 Å². The standard InChI is InChI=1S/C24H19N5O5/c30-23(25-15-17-6-10-21(11-7-17)28(31)32)14-19-16-27(20-4-2-1-3-5-20)26-24(19)18-8-12-22(13-9-18)29(33)34/h1-13,16H,14-15H2,(H,25,30). The largest absolute Gasteiger partial charge is 0.352 e. The highest BCUT2D eigenvalue weighted by Gasteiger charge is 2.17. The Morgan fingerprint density at radius 1 is 0.853 bits per heavy atom. The van der Waals surface area contributed by atoms with Crippen LogP contribution in [0, 0.1) is 20.2 Å². The highest BCUT2D eigenvalue weighted by Crippen LogP contribution is 2.26. The summed E-state index contributed by atoms with van der Waals surface area (Å²) in [4.78, 5) is 33.5. The predicted molar refractivity (Wildman–Crippen MR) is 124 cm³/mol. The molecule has 1 N–H and O–H groups in total. The summed E-state index contributed by atoms with van der Waals surface area (Å²) >= 11 is 0. The van der Waals surface area contributed by atoms with Crippen molar-refractivity contribution in [2.45, 2.75) is 13.0 Å². The number of nitro groups is 2. The molecule has 0 aliphatic carbocycles. The van der Waals surface area contributed by atoms with Gasteiger partial charge in [0.05, 0.1) is 27.6 Å². The summed E-state index contributed by atoms with van der Waals surface area (Å²) < 4.78 is 1.66. The van der Waals surface area contributed by atoms with Gasteiger partial charge in [0.25, 0.3) is 11.4 Å². The summed E-state index contributed by atoms with van der Waals surface area (Å²) in [6.45, 7) is 0.219. The van der Waals surface area contributed by atoms with E-state index >= 15 is 0 Å². The minimum absolute atomic E-state index is 0.0175. The molecule has 4 aromatic rings. The van der Waals surface area contributed by atoms with E-state index in [0.717, 1.165) is 11.3 Å². The molecule has 4 rings (SSSR count). The van der Waals surface area contributed by atoms with Crippen LogP contribution in [0.4, 0.5) is 11.4 Å². The van der Waals surface area contributed by atoms with Crippen LogP contribution < -0.4 is 5.32 Å². The first-order chi connectivity index (χ1) is 16.4. The summed E-state index contributed by atoms with van der Waals surface area (Å²) in [6.07, 6.45) is 1.80. The summed E-state index contributed by atoms with van der Waals surface area (Å²) in [6, 6.07) is 21.4. The fourth-order valence-electron chi connectivity index (χ4n) is 3.41. The van der Waals surface area contributed by atoms with Crippen molar-refractivity contribution in [3.8, 4) is 16.9 Å². The molecule has 0 fully saturated rings. The zero-order valence-corrected chi connectivity index (χ0v) is 17.8. The van der Waals surface area contributed by atoms with Crippen molar-refractivity contribution in [3.05, 3.63) is 116 Å². The second kappa shape index (κ2) is 9.74. The van der Waals surface area contributed by atoms with Gasteiger partial charge in [0.15, 0.2) is 0 Å². The number of aromatic nitrogens is 2. The molecule has 10 nitrogen and oxygen atoms in total. The van der Waals surface area contributed by atoms with E-state index in [2.05, 4.69) is 10.4 Å². The minimum atomic E-state index is -0.480. The predicted octanol–water partition coefficient (Wildman–Crippen LogP) is 4.21. The lowest BCUT2D eigenvalue weighted by Gasteiger charge is -2.06. The monoisotopic (exact) mass is 457 g/mol. The van der Waals surface area contributed by atoms with Gasteiger partial charge in [0.2, 0.25) is 5.91 Å². The molecular formula is C24H19N5O5. The smallest absolute Gasteiger partial charge is 0.269 e. The lowest BCUT2D eigenvalue weighted by atomic mass is 10.1. The van der Waals surface area contributed by atoms with Gasteiger partial charge >= 0.3 is 0 Å². The van der Waals surface area contributed by atoms with Crippen LogP contribution >= 0.6 is 0 Å². The van der Waals surface area contributed by atoms with E-state index < -0.39 is 9.85 Å². The van der Waals surface area contributed by atoms with E-state index in [1.54, 1.807) is 35.1 Å². The number of hydrogen-bond donors (Lipinski definition) is 1. The quantitative estimate of drug-likeness (QED) is 0.311. The molecule has 0 aliphatic rings. The van der Waals surface area contributed by atoms with Gasteiger partial charge < -0.3 is 5.32 Å². The fraction of sp³-hybridized carbons (Fsp3) is 0.0833. The molecule has 34 heavy (non-hydrogen) atoms. The lowest BCUT2D eigenvalue weighted by Crippen LogP contribution is -2.24. The zero-order valence-electron chi connectivity index (χ0n) is 17.8. The highest BCUT2D eigenvalue weighted by atomic mass is 16.6. The number of hydrogen-bond acceptors (Lipinski definition) is 6. The highest BCUT2D eigenvalue weighted by molar-refractivity contribution is 5.81. The molecule has 1 heterocycles. The van der Waals surface area contributed by atoms with Crippen LogP contribution in [-0.4, -0.2) is 25.5 Å². The molecule has 1 aromatic heterocycles. The van der Waals surface area contributed by atoms with Gasteiger partial charge in [-0.1, -0.05) is 30.3 Å². The summed E-state index contributed by atoms with van der Waals surface area (Å²) in [5.41, 5.74) is 3.34.